The van der Waals surface area contributed by atoms with Crippen LogP contribution in [0.2, 0.25) is 0 Å². The van der Waals surface area contributed by atoms with Crippen LogP contribution < -0.4 is 4.74 Å². The standard InChI is InChI=1S/C10H7IN4OS/c1-16-8-3-2-6(4-12-8)9-14-15-5-7(11)13-10(15)17-9/h2-5H,1H3. The summed E-state index contributed by atoms with van der Waals surface area (Å²) >= 11 is 3.71. The van der Waals surface area contributed by atoms with Crippen molar-refractivity contribution in [3.63, 3.8) is 0 Å². The number of hydrogen-bond acceptors (Lipinski definition) is 5. The fourth-order valence-electron chi connectivity index (χ4n) is 1.42. The van der Waals surface area contributed by atoms with Crippen LogP contribution in [0.5, 0.6) is 5.88 Å². The van der Waals surface area contributed by atoms with Gasteiger partial charge in [-0.15, -0.1) is 0 Å². The summed E-state index contributed by atoms with van der Waals surface area (Å²) < 4.78 is 7.75. The molecule has 0 aliphatic rings. The van der Waals surface area contributed by atoms with Crippen molar-refractivity contribution in [2.45, 2.75) is 0 Å². The van der Waals surface area contributed by atoms with E-state index in [4.69, 9.17) is 4.74 Å². The maximum Gasteiger partial charge on any atom is 0.213 e. The van der Waals surface area contributed by atoms with Crippen LogP contribution in [-0.2, 0) is 0 Å². The Balaban J connectivity index is 2.04. The van der Waals surface area contributed by atoms with E-state index in [0.29, 0.717) is 5.88 Å². The average Bonchev–Trinajstić information content (AvgIpc) is 2.86. The summed E-state index contributed by atoms with van der Waals surface area (Å²) in [7, 11) is 1.60. The van der Waals surface area contributed by atoms with Crippen molar-refractivity contribution in [3.05, 3.63) is 28.2 Å². The molecule has 0 saturated heterocycles. The maximum absolute atomic E-state index is 5.02. The van der Waals surface area contributed by atoms with Gasteiger partial charge in [0.15, 0.2) is 0 Å². The third kappa shape index (κ3) is 2.00. The fourth-order valence-corrected chi connectivity index (χ4v) is 2.95. The zero-order chi connectivity index (χ0) is 11.8. The first-order valence-corrected chi connectivity index (χ1v) is 6.68. The second kappa shape index (κ2) is 4.22. The van der Waals surface area contributed by atoms with Crippen molar-refractivity contribution in [1.29, 1.82) is 0 Å². The van der Waals surface area contributed by atoms with Crippen LogP contribution in [0.1, 0.15) is 0 Å². The van der Waals surface area contributed by atoms with Gasteiger partial charge < -0.3 is 4.74 Å². The molecular weight excluding hydrogens is 351 g/mol. The highest BCUT2D eigenvalue weighted by molar-refractivity contribution is 14.1. The summed E-state index contributed by atoms with van der Waals surface area (Å²) in [6, 6.07) is 3.76. The summed E-state index contributed by atoms with van der Waals surface area (Å²) in [5, 5.41) is 5.35. The van der Waals surface area contributed by atoms with Crippen molar-refractivity contribution in [2.24, 2.45) is 0 Å². The molecule has 3 aromatic heterocycles. The number of halogens is 1. The van der Waals surface area contributed by atoms with Gasteiger partial charge in [0.2, 0.25) is 10.8 Å². The molecule has 7 heteroatoms. The van der Waals surface area contributed by atoms with Crippen molar-refractivity contribution < 1.29 is 4.74 Å². The van der Waals surface area contributed by atoms with Gasteiger partial charge >= 0.3 is 0 Å². The lowest BCUT2D eigenvalue weighted by Crippen LogP contribution is -1.87. The van der Waals surface area contributed by atoms with E-state index < -0.39 is 0 Å². The zero-order valence-corrected chi connectivity index (χ0v) is 11.8. The van der Waals surface area contributed by atoms with Gasteiger partial charge in [-0.25, -0.2) is 14.5 Å². The van der Waals surface area contributed by atoms with Crippen molar-refractivity contribution in [3.8, 4) is 16.5 Å². The highest BCUT2D eigenvalue weighted by Crippen LogP contribution is 2.26. The van der Waals surface area contributed by atoms with Gasteiger partial charge in [-0.05, 0) is 28.7 Å². The Labute approximate surface area is 115 Å². The minimum Gasteiger partial charge on any atom is -0.481 e. The van der Waals surface area contributed by atoms with E-state index in [1.54, 1.807) is 17.8 Å². The number of rotatable bonds is 2. The van der Waals surface area contributed by atoms with Crippen LogP contribution >= 0.6 is 33.9 Å². The lowest BCUT2D eigenvalue weighted by atomic mass is 10.3. The number of imidazole rings is 1. The SMILES string of the molecule is COc1ccc(-c2nn3cc(I)nc3s2)cn1. The molecule has 0 N–H and O–H groups in total. The number of pyridine rings is 1. The van der Waals surface area contributed by atoms with Crippen molar-refractivity contribution in [2.75, 3.05) is 7.11 Å². The molecule has 0 bridgehead atoms. The molecule has 0 aliphatic heterocycles. The largest absolute Gasteiger partial charge is 0.481 e. The van der Waals surface area contributed by atoms with E-state index in [9.17, 15) is 0 Å². The molecule has 0 aromatic carbocycles. The minimum absolute atomic E-state index is 0.602. The summed E-state index contributed by atoms with van der Waals surface area (Å²) in [4.78, 5) is 9.40. The van der Waals surface area contributed by atoms with Gasteiger partial charge in [0, 0.05) is 17.8 Å². The number of fused-ring (bicyclic) bond motifs is 1. The van der Waals surface area contributed by atoms with E-state index in [1.165, 1.54) is 11.3 Å². The van der Waals surface area contributed by atoms with Crippen LogP contribution in [0.15, 0.2) is 24.5 Å². The van der Waals surface area contributed by atoms with Gasteiger partial charge in [0.05, 0.1) is 13.3 Å². The zero-order valence-electron chi connectivity index (χ0n) is 8.79. The average molecular weight is 358 g/mol. The second-order valence-electron chi connectivity index (χ2n) is 3.29. The minimum atomic E-state index is 0.602. The molecule has 0 aliphatic carbocycles. The Hall–Kier alpha value is -1.22. The van der Waals surface area contributed by atoms with Crippen molar-refractivity contribution >= 4 is 38.9 Å². The summed E-state index contributed by atoms with van der Waals surface area (Å²) in [5.41, 5.74) is 0.969. The fraction of sp³-hybridized carbons (Fsp3) is 0.100. The van der Waals surface area contributed by atoms with Crippen molar-refractivity contribution in [1.82, 2.24) is 19.6 Å². The lowest BCUT2D eigenvalue weighted by molar-refractivity contribution is 0.398. The monoisotopic (exact) mass is 358 g/mol. The van der Waals surface area contributed by atoms with E-state index in [0.717, 1.165) is 19.2 Å². The summed E-state index contributed by atoms with van der Waals surface area (Å²) in [5.74, 6) is 0.602. The third-order valence-corrected chi connectivity index (χ3v) is 3.70. The molecule has 3 aromatic rings. The molecule has 0 fully saturated rings. The molecule has 0 spiro atoms. The molecule has 17 heavy (non-hydrogen) atoms. The van der Waals surface area contributed by atoms with Gasteiger partial charge in [0.1, 0.15) is 8.71 Å². The Kier molecular flexibility index (Phi) is 2.71. The molecule has 3 heterocycles. The third-order valence-electron chi connectivity index (χ3n) is 2.21. The molecular formula is C10H7IN4OS. The number of aromatic nitrogens is 4. The van der Waals surface area contributed by atoms with E-state index >= 15 is 0 Å². The van der Waals surface area contributed by atoms with Gasteiger partial charge in [-0.2, -0.15) is 5.10 Å². The van der Waals surface area contributed by atoms with Crippen LogP contribution in [-0.4, -0.2) is 26.7 Å². The number of methoxy groups -OCH3 is 1. The first-order valence-electron chi connectivity index (χ1n) is 4.78. The molecule has 3 rings (SSSR count). The molecule has 5 nitrogen and oxygen atoms in total. The maximum atomic E-state index is 5.02. The topological polar surface area (TPSA) is 52.3 Å². The van der Waals surface area contributed by atoms with Crippen LogP contribution in [0, 0.1) is 3.70 Å². The highest BCUT2D eigenvalue weighted by Gasteiger charge is 2.09. The number of nitrogens with zero attached hydrogens (tertiary/aromatic N) is 4. The molecule has 0 unspecified atom stereocenters. The molecule has 0 saturated carbocycles. The first-order chi connectivity index (χ1) is 8.26. The van der Waals surface area contributed by atoms with Gasteiger partial charge in [-0.3, -0.25) is 0 Å². The van der Waals surface area contributed by atoms with Crippen LogP contribution in [0.3, 0.4) is 0 Å². The second-order valence-corrected chi connectivity index (χ2v) is 5.35. The lowest BCUT2D eigenvalue weighted by Gasteiger charge is -1.98. The number of ether oxygens (including phenoxy) is 1. The Bertz CT molecular complexity index is 629. The predicted molar refractivity (Wildman–Crippen MR) is 73.4 cm³/mol. The first kappa shape index (κ1) is 10.9. The molecule has 86 valence electrons. The Morgan fingerprint density at radius 1 is 1.41 bits per heavy atom. The number of hydrogen-bond donors (Lipinski definition) is 0. The quantitative estimate of drug-likeness (QED) is 0.661. The summed E-state index contributed by atoms with van der Waals surface area (Å²) in [6.07, 6.45) is 3.65. The predicted octanol–water partition coefficient (Wildman–Crippen LogP) is 2.47. The van der Waals surface area contributed by atoms with E-state index in [2.05, 4.69) is 37.7 Å². The van der Waals surface area contributed by atoms with Gasteiger partial charge in [-0.1, -0.05) is 11.3 Å². The Morgan fingerprint density at radius 3 is 2.94 bits per heavy atom. The summed E-state index contributed by atoms with van der Waals surface area (Å²) in [6.45, 7) is 0. The molecule has 0 radical (unpaired) electrons. The smallest absolute Gasteiger partial charge is 0.213 e. The Morgan fingerprint density at radius 2 is 2.29 bits per heavy atom. The van der Waals surface area contributed by atoms with Gasteiger partial charge in [0.25, 0.3) is 0 Å². The van der Waals surface area contributed by atoms with E-state index in [1.807, 2.05) is 18.3 Å². The normalized spacial score (nSPS) is 10.9. The van der Waals surface area contributed by atoms with Crippen LogP contribution in [0.25, 0.3) is 15.5 Å². The van der Waals surface area contributed by atoms with Crippen LogP contribution in [0.4, 0.5) is 0 Å². The molecule has 0 atom stereocenters. The van der Waals surface area contributed by atoms with E-state index in [-0.39, 0.29) is 0 Å². The highest BCUT2D eigenvalue weighted by atomic mass is 127. The molecule has 0 amide bonds.